The van der Waals surface area contributed by atoms with Gasteiger partial charge in [-0.3, -0.25) is 0 Å². The number of esters is 2. The summed E-state index contributed by atoms with van der Waals surface area (Å²) in [7, 11) is 4.04. The van der Waals surface area contributed by atoms with Crippen molar-refractivity contribution < 1.29 is 23.8 Å². The summed E-state index contributed by atoms with van der Waals surface area (Å²) in [5, 5.41) is 0. The highest BCUT2D eigenvalue weighted by Crippen LogP contribution is 2.53. The SMILES string of the molecule is CSc1c2cc3c(c1OC(=O)C(=O)O2)C(SCCN(C)C)=Cc1ccccc1O3. The maximum absolute atomic E-state index is 12.1. The molecule has 8 heteroatoms. The standard InChI is InChI=1S/C21H19NO5S2/c1-22(2)8-9-29-16-10-12-6-4-5-7-13(12)25-14-11-15-19(28-3)18(17(14)16)27-21(24)20(23)26-15/h4-7,10-11H,8-9H2,1-3H3. The summed E-state index contributed by atoms with van der Waals surface area (Å²) in [6.07, 6.45) is 3.87. The summed E-state index contributed by atoms with van der Waals surface area (Å²) in [5.74, 6) is 0.493. The van der Waals surface area contributed by atoms with Gasteiger partial charge in [0.1, 0.15) is 11.5 Å². The van der Waals surface area contributed by atoms with Crippen LogP contribution in [-0.4, -0.2) is 49.5 Å². The van der Waals surface area contributed by atoms with Gasteiger partial charge in [0, 0.05) is 28.8 Å². The van der Waals surface area contributed by atoms with Crippen molar-refractivity contribution in [2.24, 2.45) is 0 Å². The lowest BCUT2D eigenvalue weighted by molar-refractivity contribution is -0.155. The molecule has 2 aromatic carbocycles. The molecule has 2 bridgehead atoms. The van der Waals surface area contributed by atoms with E-state index in [0.717, 1.165) is 22.8 Å². The van der Waals surface area contributed by atoms with E-state index < -0.39 is 11.9 Å². The number of carbonyl (C=O) groups is 2. The Morgan fingerprint density at radius 3 is 2.48 bits per heavy atom. The van der Waals surface area contributed by atoms with Crippen LogP contribution >= 0.6 is 23.5 Å². The molecule has 2 heterocycles. The third-order valence-corrected chi connectivity index (χ3v) is 6.22. The van der Waals surface area contributed by atoms with Gasteiger partial charge in [-0.2, -0.15) is 0 Å². The molecule has 2 aromatic rings. The van der Waals surface area contributed by atoms with Crippen molar-refractivity contribution in [1.82, 2.24) is 4.90 Å². The first kappa shape index (κ1) is 19.9. The summed E-state index contributed by atoms with van der Waals surface area (Å²) in [4.78, 5) is 27.7. The van der Waals surface area contributed by atoms with Crippen LogP contribution in [0.15, 0.2) is 35.2 Å². The van der Waals surface area contributed by atoms with E-state index in [-0.39, 0.29) is 5.75 Å². The Morgan fingerprint density at radius 1 is 0.966 bits per heavy atom. The maximum atomic E-state index is 12.1. The lowest BCUT2D eigenvalue weighted by Gasteiger charge is -2.18. The first-order valence-corrected chi connectivity index (χ1v) is 11.1. The molecule has 0 unspecified atom stereocenters. The van der Waals surface area contributed by atoms with Gasteiger partial charge in [-0.25, -0.2) is 9.59 Å². The van der Waals surface area contributed by atoms with E-state index in [9.17, 15) is 9.59 Å². The van der Waals surface area contributed by atoms with E-state index in [1.54, 1.807) is 17.8 Å². The Hall–Kier alpha value is -2.42. The molecule has 0 aromatic heterocycles. The zero-order chi connectivity index (χ0) is 20.5. The van der Waals surface area contributed by atoms with Crippen LogP contribution in [0.3, 0.4) is 0 Å². The van der Waals surface area contributed by atoms with E-state index in [2.05, 4.69) is 4.90 Å². The minimum atomic E-state index is -1.04. The number of thioether (sulfide) groups is 2. The van der Waals surface area contributed by atoms with E-state index >= 15 is 0 Å². The van der Waals surface area contributed by atoms with Crippen molar-refractivity contribution in [2.75, 3.05) is 32.6 Å². The van der Waals surface area contributed by atoms with Gasteiger partial charge in [0.2, 0.25) is 0 Å². The molecule has 2 aliphatic rings. The fourth-order valence-electron chi connectivity index (χ4n) is 3.03. The zero-order valence-corrected chi connectivity index (χ0v) is 17.8. The summed E-state index contributed by atoms with van der Waals surface area (Å²) in [5.41, 5.74) is 1.58. The molecule has 0 radical (unpaired) electrons. The first-order valence-electron chi connectivity index (χ1n) is 8.93. The van der Waals surface area contributed by atoms with Crippen molar-refractivity contribution in [3.05, 3.63) is 41.5 Å². The molecular weight excluding hydrogens is 410 g/mol. The summed E-state index contributed by atoms with van der Waals surface area (Å²) in [6, 6.07) is 9.35. The zero-order valence-electron chi connectivity index (χ0n) is 16.2. The fraction of sp³-hybridized carbons (Fsp3) is 0.238. The summed E-state index contributed by atoms with van der Waals surface area (Å²) >= 11 is 3.00. The van der Waals surface area contributed by atoms with Gasteiger partial charge in [0.25, 0.3) is 0 Å². The van der Waals surface area contributed by atoms with Crippen molar-refractivity contribution in [3.63, 3.8) is 0 Å². The van der Waals surface area contributed by atoms with Crippen LogP contribution in [-0.2, 0) is 9.59 Å². The second-order valence-electron chi connectivity index (χ2n) is 6.69. The third kappa shape index (κ3) is 3.88. The Labute approximate surface area is 177 Å². The third-order valence-electron chi connectivity index (χ3n) is 4.40. The monoisotopic (exact) mass is 429 g/mol. The molecule has 4 rings (SSSR count). The van der Waals surface area contributed by atoms with Gasteiger partial charge in [-0.15, -0.1) is 23.5 Å². The first-order chi connectivity index (χ1) is 14.0. The highest BCUT2D eigenvalue weighted by molar-refractivity contribution is 8.08. The minimum Gasteiger partial charge on any atom is -0.456 e. The van der Waals surface area contributed by atoms with Crippen molar-refractivity contribution >= 4 is 46.4 Å². The molecule has 0 saturated carbocycles. The van der Waals surface area contributed by atoms with E-state index in [0.29, 0.717) is 27.7 Å². The van der Waals surface area contributed by atoms with Crippen LogP contribution < -0.4 is 14.2 Å². The number of benzene rings is 2. The van der Waals surface area contributed by atoms with Crippen molar-refractivity contribution in [1.29, 1.82) is 0 Å². The smallest absolute Gasteiger partial charge is 0.423 e. The maximum Gasteiger partial charge on any atom is 0.423 e. The summed E-state index contributed by atoms with van der Waals surface area (Å²) in [6.45, 7) is 0.879. The Balaban J connectivity index is 1.91. The van der Waals surface area contributed by atoms with Crippen LogP contribution in [0.2, 0.25) is 0 Å². The average molecular weight is 430 g/mol. The molecule has 0 atom stereocenters. The van der Waals surface area contributed by atoms with E-state index in [4.69, 9.17) is 14.2 Å². The minimum absolute atomic E-state index is 0.263. The molecule has 0 spiro atoms. The van der Waals surface area contributed by atoms with Gasteiger partial charge >= 0.3 is 11.9 Å². The fourth-order valence-corrected chi connectivity index (χ4v) is 4.88. The molecular formula is C21H19NO5S2. The normalized spacial score (nSPS) is 14.7. The Morgan fingerprint density at radius 2 is 1.72 bits per heavy atom. The number of fused-ring (bicyclic) bond motifs is 5. The second-order valence-corrected chi connectivity index (χ2v) is 8.64. The molecule has 0 N–H and O–H groups in total. The highest BCUT2D eigenvalue weighted by atomic mass is 32.2. The quantitative estimate of drug-likeness (QED) is 0.304. The molecule has 0 fully saturated rings. The van der Waals surface area contributed by atoms with Crippen molar-refractivity contribution in [3.8, 4) is 23.0 Å². The Kier molecular flexibility index (Phi) is 5.58. The van der Waals surface area contributed by atoms with Crippen molar-refractivity contribution in [2.45, 2.75) is 4.90 Å². The second kappa shape index (κ2) is 8.14. The van der Waals surface area contributed by atoms with Crippen LogP contribution in [0.5, 0.6) is 23.0 Å². The molecule has 150 valence electrons. The Bertz CT molecular complexity index is 1030. The predicted molar refractivity (Wildman–Crippen MR) is 115 cm³/mol. The average Bonchev–Trinajstić information content (AvgIpc) is 2.88. The van der Waals surface area contributed by atoms with Crippen LogP contribution in [0, 0.1) is 0 Å². The number of rotatable bonds is 5. The number of hydrogen-bond acceptors (Lipinski definition) is 8. The molecule has 0 aliphatic carbocycles. The lowest BCUT2D eigenvalue weighted by atomic mass is 10.1. The largest absolute Gasteiger partial charge is 0.456 e. The molecule has 0 amide bonds. The molecule has 6 nitrogen and oxygen atoms in total. The number of nitrogens with zero attached hydrogens (tertiary/aromatic N) is 1. The van der Waals surface area contributed by atoms with Gasteiger partial charge in [-0.1, -0.05) is 18.2 Å². The van der Waals surface area contributed by atoms with Gasteiger partial charge in [-0.05, 0) is 32.5 Å². The summed E-state index contributed by atoms with van der Waals surface area (Å²) < 4.78 is 16.9. The van der Waals surface area contributed by atoms with E-state index in [1.165, 1.54) is 11.8 Å². The van der Waals surface area contributed by atoms with Crippen LogP contribution in [0.25, 0.3) is 11.0 Å². The molecule has 0 saturated heterocycles. The van der Waals surface area contributed by atoms with E-state index in [1.807, 2.05) is 50.7 Å². The number of carbonyl (C=O) groups excluding carboxylic acids is 2. The number of ether oxygens (including phenoxy) is 3. The van der Waals surface area contributed by atoms with Gasteiger partial charge in [0.15, 0.2) is 11.5 Å². The molecule has 2 aliphatic heterocycles. The molecule has 29 heavy (non-hydrogen) atoms. The van der Waals surface area contributed by atoms with Crippen LogP contribution in [0.4, 0.5) is 0 Å². The topological polar surface area (TPSA) is 65.1 Å². The van der Waals surface area contributed by atoms with Gasteiger partial charge in [0.05, 0.1) is 10.5 Å². The lowest BCUT2D eigenvalue weighted by Crippen LogP contribution is -2.23. The number of para-hydroxylation sites is 1. The van der Waals surface area contributed by atoms with Gasteiger partial charge < -0.3 is 19.1 Å². The van der Waals surface area contributed by atoms with Crippen LogP contribution in [0.1, 0.15) is 11.1 Å². The predicted octanol–water partition coefficient (Wildman–Crippen LogP) is 4.13. The number of hydrogen-bond donors (Lipinski definition) is 0. The highest BCUT2D eigenvalue weighted by Gasteiger charge is 2.34.